The maximum atomic E-state index is 11.8. The Balaban J connectivity index is 1.49. The number of rotatable bonds is 6. The molecule has 0 saturated heterocycles. The molecule has 0 unspecified atom stereocenters. The predicted octanol–water partition coefficient (Wildman–Crippen LogP) is 3.05. The number of aryl methyl sites for hydroxylation is 2. The van der Waals surface area contributed by atoms with E-state index in [-0.39, 0.29) is 19.1 Å². The summed E-state index contributed by atoms with van der Waals surface area (Å²) in [4.78, 5) is 11.8. The molecular formula is C19H19N3O3. The Bertz CT molecular complexity index is 839. The van der Waals surface area contributed by atoms with Crippen molar-refractivity contribution in [2.45, 2.75) is 20.4 Å². The van der Waals surface area contributed by atoms with Gasteiger partial charge in [0.1, 0.15) is 5.75 Å². The van der Waals surface area contributed by atoms with Gasteiger partial charge in [0.25, 0.3) is 5.91 Å². The number of carbonyl (C=O) groups excluding carboxylic acids is 1. The van der Waals surface area contributed by atoms with Crippen molar-refractivity contribution in [3.05, 3.63) is 65.5 Å². The predicted molar refractivity (Wildman–Crippen MR) is 93.0 cm³/mol. The molecule has 3 aromatic rings. The lowest BCUT2D eigenvalue weighted by Gasteiger charge is -2.06. The van der Waals surface area contributed by atoms with Crippen LogP contribution in [0.4, 0.5) is 0 Å². The van der Waals surface area contributed by atoms with E-state index >= 15 is 0 Å². The van der Waals surface area contributed by atoms with Gasteiger partial charge < -0.3 is 14.5 Å². The zero-order chi connectivity index (χ0) is 17.6. The van der Waals surface area contributed by atoms with Crippen LogP contribution in [0.2, 0.25) is 0 Å². The van der Waals surface area contributed by atoms with Gasteiger partial charge in [-0.2, -0.15) is 0 Å². The van der Waals surface area contributed by atoms with Crippen LogP contribution in [-0.2, 0) is 11.3 Å². The van der Waals surface area contributed by atoms with Crippen molar-refractivity contribution >= 4 is 5.91 Å². The summed E-state index contributed by atoms with van der Waals surface area (Å²) in [6.45, 7) is 4.10. The largest absolute Gasteiger partial charge is 0.484 e. The molecule has 0 aliphatic carbocycles. The Kier molecular flexibility index (Phi) is 5.09. The van der Waals surface area contributed by atoms with E-state index in [4.69, 9.17) is 9.15 Å². The van der Waals surface area contributed by atoms with Crippen molar-refractivity contribution in [1.82, 2.24) is 15.5 Å². The monoisotopic (exact) mass is 337 g/mol. The molecule has 0 atom stereocenters. The smallest absolute Gasteiger partial charge is 0.258 e. The Morgan fingerprint density at radius 1 is 1.00 bits per heavy atom. The minimum Gasteiger partial charge on any atom is -0.484 e. The van der Waals surface area contributed by atoms with Gasteiger partial charge in [-0.25, -0.2) is 0 Å². The Hall–Kier alpha value is -3.15. The molecule has 0 aliphatic heterocycles. The molecule has 0 spiro atoms. The van der Waals surface area contributed by atoms with Gasteiger partial charge in [0.2, 0.25) is 11.8 Å². The second-order valence-electron chi connectivity index (χ2n) is 5.75. The molecule has 0 saturated carbocycles. The molecule has 1 N–H and O–H groups in total. The van der Waals surface area contributed by atoms with Crippen LogP contribution in [0.15, 0.2) is 52.9 Å². The summed E-state index contributed by atoms with van der Waals surface area (Å²) in [6, 6.07) is 15.3. The first-order valence-corrected chi connectivity index (χ1v) is 7.96. The summed E-state index contributed by atoms with van der Waals surface area (Å²) in [5, 5.41) is 10.6. The first-order valence-electron chi connectivity index (χ1n) is 7.96. The van der Waals surface area contributed by atoms with Crippen LogP contribution in [-0.4, -0.2) is 22.7 Å². The minimum atomic E-state index is -0.254. The SMILES string of the molecule is Cc1ccc(OCC(=O)NCc2nnc(-c3ccc(C)cc3)o2)cc1. The van der Waals surface area contributed by atoms with Gasteiger partial charge in [-0.05, 0) is 38.1 Å². The average Bonchev–Trinajstić information content (AvgIpc) is 3.09. The zero-order valence-electron chi connectivity index (χ0n) is 14.2. The van der Waals surface area contributed by atoms with Crippen molar-refractivity contribution in [3.63, 3.8) is 0 Å². The van der Waals surface area contributed by atoms with Crippen LogP contribution in [0, 0.1) is 13.8 Å². The molecule has 0 radical (unpaired) electrons. The number of nitrogens with zero attached hydrogens (tertiary/aromatic N) is 2. The molecule has 128 valence electrons. The van der Waals surface area contributed by atoms with Crippen molar-refractivity contribution in [2.24, 2.45) is 0 Å². The molecule has 1 aromatic heterocycles. The summed E-state index contributed by atoms with van der Waals surface area (Å²) in [6.07, 6.45) is 0. The van der Waals surface area contributed by atoms with E-state index in [2.05, 4.69) is 15.5 Å². The fraction of sp³-hybridized carbons (Fsp3) is 0.211. The molecule has 0 aliphatic rings. The fourth-order valence-corrected chi connectivity index (χ4v) is 2.15. The lowest BCUT2D eigenvalue weighted by Crippen LogP contribution is -2.28. The van der Waals surface area contributed by atoms with E-state index in [1.54, 1.807) is 0 Å². The number of aromatic nitrogens is 2. The van der Waals surface area contributed by atoms with Crippen LogP contribution in [0.5, 0.6) is 5.75 Å². The Labute approximate surface area is 145 Å². The zero-order valence-corrected chi connectivity index (χ0v) is 14.2. The van der Waals surface area contributed by atoms with E-state index in [0.717, 1.165) is 16.7 Å². The van der Waals surface area contributed by atoms with Crippen molar-refractivity contribution in [3.8, 4) is 17.2 Å². The molecule has 0 fully saturated rings. The van der Waals surface area contributed by atoms with Crippen molar-refractivity contribution in [2.75, 3.05) is 6.61 Å². The molecule has 6 nitrogen and oxygen atoms in total. The number of hydrogen-bond donors (Lipinski definition) is 1. The molecule has 25 heavy (non-hydrogen) atoms. The maximum Gasteiger partial charge on any atom is 0.258 e. The van der Waals surface area contributed by atoms with Gasteiger partial charge in [0.15, 0.2) is 6.61 Å². The number of carbonyl (C=O) groups is 1. The second kappa shape index (κ2) is 7.61. The number of ether oxygens (including phenoxy) is 1. The number of nitrogens with one attached hydrogen (secondary N) is 1. The normalized spacial score (nSPS) is 10.5. The van der Waals surface area contributed by atoms with Gasteiger partial charge in [-0.15, -0.1) is 10.2 Å². The lowest BCUT2D eigenvalue weighted by molar-refractivity contribution is -0.123. The average molecular weight is 337 g/mol. The van der Waals surface area contributed by atoms with E-state index in [1.165, 1.54) is 0 Å². The summed E-state index contributed by atoms with van der Waals surface area (Å²) in [5.41, 5.74) is 3.14. The summed E-state index contributed by atoms with van der Waals surface area (Å²) < 4.78 is 11.0. The molecule has 0 bridgehead atoms. The third-order valence-electron chi connectivity index (χ3n) is 3.59. The Morgan fingerprint density at radius 2 is 1.64 bits per heavy atom. The second-order valence-corrected chi connectivity index (χ2v) is 5.75. The minimum absolute atomic E-state index is 0.0674. The molecule has 2 aromatic carbocycles. The molecule has 6 heteroatoms. The lowest BCUT2D eigenvalue weighted by atomic mass is 10.1. The quantitative estimate of drug-likeness (QED) is 0.748. The molecule has 1 amide bonds. The number of amides is 1. The first kappa shape index (κ1) is 16.7. The first-order chi connectivity index (χ1) is 12.1. The van der Waals surface area contributed by atoms with Crippen molar-refractivity contribution in [1.29, 1.82) is 0 Å². The van der Waals surface area contributed by atoms with Gasteiger partial charge in [0, 0.05) is 5.56 Å². The van der Waals surface area contributed by atoms with Gasteiger partial charge >= 0.3 is 0 Å². The van der Waals surface area contributed by atoms with Gasteiger partial charge in [0.05, 0.1) is 6.54 Å². The van der Waals surface area contributed by atoms with E-state index in [9.17, 15) is 4.79 Å². The highest BCUT2D eigenvalue weighted by molar-refractivity contribution is 5.77. The standard InChI is InChI=1S/C19H19N3O3/c1-13-3-7-15(8-4-13)19-22-21-18(25-19)11-20-17(23)12-24-16-9-5-14(2)6-10-16/h3-10H,11-12H2,1-2H3,(H,20,23). The summed E-state index contributed by atoms with van der Waals surface area (Å²) >= 11 is 0. The number of hydrogen-bond acceptors (Lipinski definition) is 5. The van der Waals surface area contributed by atoms with Crippen LogP contribution in [0.3, 0.4) is 0 Å². The van der Waals surface area contributed by atoms with Crippen LogP contribution < -0.4 is 10.1 Å². The maximum absolute atomic E-state index is 11.8. The summed E-state index contributed by atoms with van der Waals surface area (Å²) in [7, 11) is 0. The highest BCUT2D eigenvalue weighted by Gasteiger charge is 2.10. The highest BCUT2D eigenvalue weighted by atomic mass is 16.5. The van der Waals surface area contributed by atoms with E-state index < -0.39 is 0 Å². The summed E-state index contributed by atoms with van der Waals surface area (Å²) in [5.74, 6) is 1.18. The van der Waals surface area contributed by atoms with Crippen LogP contribution >= 0.6 is 0 Å². The van der Waals surface area contributed by atoms with Gasteiger partial charge in [-0.3, -0.25) is 4.79 Å². The topological polar surface area (TPSA) is 77.2 Å². The van der Waals surface area contributed by atoms with E-state index in [1.807, 2.05) is 62.4 Å². The molecular weight excluding hydrogens is 318 g/mol. The van der Waals surface area contributed by atoms with Gasteiger partial charge in [-0.1, -0.05) is 35.4 Å². The van der Waals surface area contributed by atoms with Crippen LogP contribution in [0.25, 0.3) is 11.5 Å². The van der Waals surface area contributed by atoms with E-state index in [0.29, 0.717) is 17.5 Å². The third kappa shape index (κ3) is 4.67. The number of benzene rings is 2. The van der Waals surface area contributed by atoms with Crippen molar-refractivity contribution < 1.29 is 13.9 Å². The Morgan fingerprint density at radius 3 is 2.32 bits per heavy atom. The highest BCUT2D eigenvalue weighted by Crippen LogP contribution is 2.18. The third-order valence-corrected chi connectivity index (χ3v) is 3.59. The van der Waals surface area contributed by atoms with Crippen LogP contribution in [0.1, 0.15) is 17.0 Å². The molecule has 3 rings (SSSR count). The fourth-order valence-electron chi connectivity index (χ4n) is 2.15. The molecule has 1 heterocycles.